The minimum absolute atomic E-state index is 0.528. The van der Waals surface area contributed by atoms with E-state index in [2.05, 4.69) is 63.5 Å². The number of hydrogen-bond donors (Lipinski definition) is 0. The van der Waals surface area contributed by atoms with E-state index >= 15 is 0 Å². The van der Waals surface area contributed by atoms with Gasteiger partial charge in [0.1, 0.15) is 0 Å². The Balaban J connectivity index is 2.69. The smallest absolute Gasteiger partial charge is 0.0487 e. The number of hydrogen-bond acceptors (Lipinski definition) is 0. The lowest BCUT2D eigenvalue weighted by molar-refractivity contribution is 0.607. The fraction of sp³-hybridized carbons (Fsp3) is 0.467. The van der Waals surface area contributed by atoms with Crippen molar-refractivity contribution >= 4 is 10.9 Å². The summed E-state index contributed by atoms with van der Waals surface area (Å²) in [6.45, 7) is 11.2. The molecule has 0 saturated heterocycles. The first-order valence-electron chi connectivity index (χ1n) is 6.12. The van der Waals surface area contributed by atoms with Crippen LogP contribution < -0.4 is 0 Å². The van der Waals surface area contributed by atoms with E-state index in [1.54, 1.807) is 0 Å². The predicted molar refractivity (Wildman–Crippen MR) is 71.1 cm³/mol. The van der Waals surface area contributed by atoms with Crippen molar-refractivity contribution in [2.75, 3.05) is 0 Å². The van der Waals surface area contributed by atoms with Crippen molar-refractivity contribution in [1.29, 1.82) is 0 Å². The molecule has 0 fully saturated rings. The maximum absolute atomic E-state index is 2.42. The van der Waals surface area contributed by atoms with E-state index in [9.17, 15) is 0 Å². The number of fused-ring (bicyclic) bond motifs is 1. The van der Waals surface area contributed by atoms with E-state index in [1.807, 2.05) is 0 Å². The Bertz CT molecular complexity index is 503. The van der Waals surface area contributed by atoms with Gasteiger partial charge in [-0.05, 0) is 49.8 Å². The number of nitrogens with zero attached hydrogens (tertiary/aromatic N) is 1. The second-order valence-corrected chi connectivity index (χ2v) is 5.22. The number of rotatable bonds is 2. The van der Waals surface area contributed by atoms with Crippen molar-refractivity contribution < 1.29 is 0 Å². The maximum Gasteiger partial charge on any atom is 0.0487 e. The Hall–Kier alpha value is -1.24. The van der Waals surface area contributed by atoms with Crippen LogP contribution in [0.15, 0.2) is 24.3 Å². The fourth-order valence-corrected chi connectivity index (χ4v) is 2.42. The van der Waals surface area contributed by atoms with Crippen LogP contribution in [0, 0.1) is 6.92 Å². The van der Waals surface area contributed by atoms with Gasteiger partial charge in [0.2, 0.25) is 0 Å². The van der Waals surface area contributed by atoms with Crippen LogP contribution in [0.4, 0.5) is 0 Å². The zero-order chi connectivity index (χ0) is 11.9. The van der Waals surface area contributed by atoms with Crippen molar-refractivity contribution in [2.24, 2.45) is 0 Å². The van der Waals surface area contributed by atoms with Gasteiger partial charge in [-0.2, -0.15) is 0 Å². The van der Waals surface area contributed by atoms with Crippen molar-refractivity contribution in [2.45, 2.75) is 46.6 Å². The Kier molecular flexibility index (Phi) is 2.79. The Morgan fingerprint density at radius 1 is 1.00 bits per heavy atom. The number of benzene rings is 1. The lowest BCUT2D eigenvalue weighted by atomic mass is 10.0. The Labute approximate surface area is 98.1 Å². The minimum atomic E-state index is 0.528. The third-order valence-corrected chi connectivity index (χ3v) is 3.24. The summed E-state index contributed by atoms with van der Waals surface area (Å²) in [5.74, 6) is 0.597. The zero-order valence-electron chi connectivity index (χ0n) is 10.9. The first-order chi connectivity index (χ1) is 7.50. The molecular formula is C15H21N. The SMILES string of the molecule is Cc1cc2ccc(C(C)C)cc2n1C(C)C. The number of aryl methyl sites for hydroxylation is 1. The molecular weight excluding hydrogens is 194 g/mol. The summed E-state index contributed by atoms with van der Waals surface area (Å²) in [6, 6.07) is 9.64. The largest absolute Gasteiger partial charge is 0.342 e. The summed E-state index contributed by atoms with van der Waals surface area (Å²) in [6.07, 6.45) is 0. The van der Waals surface area contributed by atoms with E-state index in [0.29, 0.717) is 12.0 Å². The van der Waals surface area contributed by atoms with E-state index in [-0.39, 0.29) is 0 Å². The van der Waals surface area contributed by atoms with Crippen LogP contribution in [-0.4, -0.2) is 4.57 Å². The molecule has 1 heterocycles. The van der Waals surface area contributed by atoms with Crippen molar-refractivity contribution in [3.8, 4) is 0 Å². The van der Waals surface area contributed by atoms with Gasteiger partial charge in [-0.15, -0.1) is 0 Å². The lowest BCUT2D eigenvalue weighted by Gasteiger charge is -2.13. The van der Waals surface area contributed by atoms with Crippen LogP contribution in [0.1, 0.15) is 50.9 Å². The first kappa shape index (κ1) is 11.3. The molecule has 1 nitrogen and oxygen atoms in total. The standard InChI is InChI=1S/C15H21N/c1-10(2)13-6-7-14-8-12(5)16(11(3)4)15(14)9-13/h6-11H,1-5H3. The normalized spacial score (nSPS) is 11.9. The van der Waals surface area contributed by atoms with Gasteiger partial charge in [-0.25, -0.2) is 0 Å². The molecule has 86 valence electrons. The summed E-state index contributed by atoms with van der Waals surface area (Å²) in [5.41, 5.74) is 4.15. The van der Waals surface area contributed by atoms with E-state index in [1.165, 1.54) is 22.2 Å². The maximum atomic E-state index is 2.42. The third kappa shape index (κ3) is 1.75. The van der Waals surface area contributed by atoms with Crippen LogP contribution in [-0.2, 0) is 0 Å². The Morgan fingerprint density at radius 2 is 1.69 bits per heavy atom. The molecule has 0 spiro atoms. The van der Waals surface area contributed by atoms with Gasteiger partial charge in [-0.1, -0.05) is 26.0 Å². The highest BCUT2D eigenvalue weighted by atomic mass is 15.0. The highest BCUT2D eigenvalue weighted by Crippen LogP contribution is 2.27. The summed E-state index contributed by atoms with van der Waals surface area (Å²) >= 11 is 0. The molecule has 2 rings (SSSR count). The van der Waals surface area contributed by atoms with Gasteiger partial charge in [0.25, 0.3) is 0 Å². The molecule has 0 radical (unpaired) electrons. The highest BCUT2D eigenvalue weighted by Gasteiger charge is 2.09. The molecule has 0 unspecified atom stereocenters. The summed E-state index contributed by atoms with van der Waals surface area (Å²) in [5, 5.41) is 1.36. The summed E-state index contributed by atoms with van der Waals surface area (Å²) < 4.78 is 2.42. The van der Waals surface area contributed by atoms with Gasteiger partial charge in [0.05, 0.1) is 0 Å². The fourth-order valence-electron chi connectivity index (χ4n) is 2.42. The quantitative estimate of drug-likeness (QED) is 0.687. The molecule has 1 aromatic heterocycles. The molecule has 16 heavy (non-hydrogen) atoms. The van der Waals surface area contributed by atoms with Crippen molar-refractivity contribution in [3.63, 3.8) is 0 Å². The van der Waals surface area contributed by atoms with Gasteiger partial charge in [-0.3, -0.25) is 0 Å². The molecule has 0 aliphatic carbocycles. The van der Waals surface area contributed by atoms with Crippen LogP contribution in [0.5, 0.6) is 0 Å². The van der Waals surface area contributed by atoms with Crippen molar-refractivity contribution in [3.05, 3.63) is 35.5 Å². The average molecular weight is 215 g/mol. The van der Waals surface area contributed by atoms with Crippen LogP contribution in [0.25, 0.3) is 10.9 Å². The van der Waals surface area contributed by atoms with E-state index < -0.39 is 0 Å². The molecule has 0 saturated carbocycles. The average Bonchev–Trinajstić information content (AvgIpc) is 2.51. The zero-order valence-corrected chi connectivity index (χ0v) is 10.9. The second kappa shape index (κ2) is 3.97. The summed E-state index contributed by atoms with van der Waals surface area (Å²) in [4.78, 5) is 0. The van der Waals surface area contributed by atoms with E-state index in [0.717, 1.165) is 0 Å². The predicted octanol–water partition coefficient (Wildman–Crippen LogP) is 4.65. The highest BCUT2D eigenvalue weighted by molar-refractivity contribution is 5.82. The molecule has 0 N–H and O–H groups in total. The first-order valence-corrected chi connectivity index (χ1v) is 6.12. The molecule has 0 atom stereocenters. The van der Waals surface area contributed by atoms with Crippen LogP contribution >= 0.6 is 0 Å². The van der Waals surface area contributed by atoms with Gasteiger partial charge < -0.3 is 4.57 Å². The van der Waals surface area contributed by atoms with Crippen LogP contribution in [0.3, 0.4) is 0 Å². The molecule has 2 aromatic rings. The monoisotopic (exact) mass is 215 g/mol. The lowest BCUT2D eigenvalue weighted by Crippen LogP contribution is -2.02. The van der Waals surface area contributed by atoms with Gasteiger partial charge >= 0.3 is 0 Å². The molecule has 0 aliphatic rings. The molecule has 1 heteroatoms. The van der Waals surface area contributed by atoms with Gasteiger partial charge in [0.15, 0.2) is 0 Å². The van der Waals surface area contributed by atoms with Crippen LogP contribution in [0.2, 0.25) is 0 Å². The minimum Gasteiger partial charge on any atom is -0.342 e. The summed E-state index contributed by atoms with van der Waals surface area (Å²) in [7, 11) is 0. The molecule has 0 aliphatic heterocycles. The number of aromatic nitrogens is 1. The molecule has 0 bridgehead atoms. The third-order valence-electron chi connectivity index (χ3n) is 3.24. The topological polar surface area (TPSA) is 4.93 Å². The Morgan fingerprint density at radius 3 is 2.25 bits per heavy atom. The second-order valence-electron chi connectivity index (χ2n) is 5.22. The molecule has 1 aromatic carbocycles. The van der Waals surface area contributed by atoms with Crippen molar-refractivity contribution in [1.82, 2.24) is 4.57 Å². The molecule has 0 amide bonds. The van der Waals surface area contributed by atoms with Gasteiger partial charge in [0, 0.05) is 17.3 Å². The van der Waals surface area contributed by atoms with E-state index in [4.69, 9.17) is 0 Å².